The summed E-state index contributed by atoms with van der Waals surface area (Å²) in [7, 11) is -3.71. The largest absolute Gasteiger partial charge is 0.417 e. The monoisotopic (exact) mass is 489 g/mol. The molecular weight excluding hydrogens is 471 g/mol. The van der Waals surface area contributed by atoms with Crippen LogP contribution in [0.15, 0.2) is 52.8 Å². The standard InChI is InChI=1S/C20H19ClF3N3O4S/c21-17-12-16(20(22,23)24)13-26(19(17)29)14-18(28)25-7-9-27(10-8-25)32(30,31)11-6-15-4-2-1-3-5-15/h1-6,11-13H,7-10,14H2/b11-6+. The minimum atomic E-state index is -4.73. The van der Waals surface area contributed by atoms with Crippen molar-refractivity contribution in [3.63, 3.8) is 0 Å². The highest BCUT2D eigenvalue weighted by molar-refractivity contribution is 7.92. The Morgan fingerprint density at radius 3 is 2.31 bits per heavy atom. The second kappa shape index (κ2) is 9.47. The molecule has 1 aliphatic rings. The average molecular weight is 490 g/mol. The Labute approximate surface area is 187 Å². The van der Waals surface area contributed by atoms with Gasteiger partial charge in [0, 0.05) is 37.8 Å². The average Bonchev–Trinajstić information content (AvgIpc) is 2.75. The third kappa shape index (κ3) is 5.78. The predicted octanol–water partition coefficient (Wildman–Crippen LogP) is 2.67. The lowest BCUT2D eigenvalue weighted by Crippen LogP contribution is -2.51. The van der Waals surface area contributed by atoms with Gasteiger partial charge in [0.15, 0.2) is 0 Å². The zero-order valence-electron chi connectivity index (χ0n) is 16.6. The van der Waals surface area contributed by atoms with Crippen LogP contribution in [0.2, 0.25) is 5.02 Å². The zero-order valence-corrected chi connectivity index (χ0v) is 18.2. The molecule has 0 unspecified atom stereocenters. The molecular formula is C20H19ClF3N3O4S. The molecule has 0 spiro atoms. The number of amides is 1. The van der Waals surface area contributed by atoms with E-state index < -0.39 is 44.8 Å². The highest BCUT2D eigenvalue weighted by atomic mass is 35.5. The Morgan fingerprint density at radius 2 is 1.72 bits per heavy atom. The van der Waals surface area contributed by atoms with E-state index in [1.165, 1.54) is 15.3 Å². The molecule has 1 saturated heterocycles. The SMILES string of the molecule is O=C(Cn1cc(C(F)(F)F)cc(Cl)c1=O)N1CCN(S(=O)(=O)/C=C/c2ccccc2)CC1. The van der Waals surface area contributed by atoms with Crippen molar-refractivity contribution in [3.8, 4) is 0 Å². The van der Waals surface area contributed by atoms with Gasteiger partial charge in [-0.3, -0.25) is 9.59 Å². The van der Waals surface area contributed by atoms with E-state index in [0.29, 0.717) is 16.8 Å². The number of rotatable bonds is 5. The molecule has 12 heteroatoms. The number of carbonyl (C=O) groups excluding carboxylic acids is 1. The summed E-state index contributed by atoms with van der Waals surface area (Å²) in [5.41, 5.74) is -1.34. The predicted molar refractivity (Wildman–Crippen MR) is 113 cm³/mol. The smallest absolute Gasteiger partial charge is 0.339 e. The molecule has 0 radical (unpaired) electrons. The summed E-state index contributed by atoms with van der Waals surface area (Å²) in [5, 5.41) is 0.443. The van der Waals surface area contributed by atoms with Crippen LogP contribution in [0.1, 0.15) is 11.1 Å². The molecule has 1 aromatic carbocycles. The topological polar surface area (TPSA) is 79.7 Å². The van der Waals surface area contributed by atoms with Crippen molar-refractivity contribution in [2.45, 2.75) is 12.7 Å². The van der Waals surface area contributed by atoms with Crippen molar-refractivity contribution in [1.29, 1.82) is 0 Å². The summed E-state index contributed by atoms with van der Waals surface area (Å²) in [6.45, 7) is -0.516. The van der Waals surface area contributed by atoms with Gasteiger partial charge in [-0.1, -0.05) is 41.9 Å². The second-order valence-corrected chi connectivity index (χ2v) is 9.27. The number of benzene rings is 1. The third-order valence-electron chi connectivity index (χ3n) is 4.86. The molecule has 1 amide bonds. The lowest BCUT2D eigenvalue weighted by Gasteiger charge is -2.33. The van der Waals surface area contributed by atoms with E-state index in [0.717, 1.165) is 11.0 Å². The minimum absolute atomic E-state index is 0.0193. The first-order valence-corrected chi connectivity index (χ1v) is 11.3. The summed E-state index contributed by atoms with van der Waals surface area (Å²) < 4.78 is 65.7. The van der Waals surface area contributed by atoms with Crippen molar-refractivity contribution in [2.75, 3.05) is 26.2 Å². The number of nitrogens with zero attached hydrogens (tertiary/aromatic N) is 3. The molecule has 3 rings (SSSR count). The Balaban J connectivity index is 1.64. The summed E-state index contributed by atoms with van der Waals surface area (Å²) in [4.78, 5) is 25.9. The fraction of sp³-hybridized carbons (Fsp3) is 0.300. The molecule has 0 atom stereocenters. The molecule has 2 heterocycles. The molecule has 0 bridgehead atoms. The van der Waals surface area contributed by atoms with Crippen LogP contribution in [0, 0.1) is 0 Å². The number of hydrogen-bond acceptors (Lipinski definition) is 4. The second-order valence-electron chi connectivity index (χ2n) is 7.05. The number of hydrogen-bond donors (Lipinski definition) is 0. The number of sulfonamides is 1. The summed E-state index contributed by atoms with van der Waals surface area (Å²) in [6, 6.07) is 9.38. The van der Waals surface area contributed by atoms with Crippen LogP contribution in [0.4, 0.5) is 13.2 Å². The molecule has 1 aliphatic heterocycles. The molecule has 1 aromatic heterocycles. The maximum absolute atomic E-state index is 13.0. The van der Waals surface area contributed by atoms with Gasteiger partial charge in [0.1, 0.15) is 11.6 Å². The van der Waals surface area contributed by atoms with Crippen molar-refractivity contribution in [3.05, 3.63) is 74.5 Å². The Kier molecular flexibility index (Phi) is 7.11. The van der Waals surface area contributed by atoms with Gasteiger partial charge in [0.25, 0.3) is 5.56 Å². The van der Waals surface area contributed by atoms with Crippen LogP contribution in [0.25, 0.3) is 6.08 Å². The van der Waals surface area contributed by atoms with E-state index in [-0.39, 0.29) is 26.2 Å². The molecule has 7 nitrogen and oxygen atoms in total. The lowest BCUT2D eigenvalue weighted by molar-refractivity contribution is -0.139. The van der Waals surface area contributed by atoms with Crippen molar-refractivity contribution < 1.29 is 26.4 Å². The lowest BCUT2D eigenvalue weighted by atomic mass is 10.2. The van der Waals surface area contributed by atoms with Gasteiger partial charge >= 0.3 is 6.18 Å². The first-order valence-electron chi connectivity index (χ1n) is 9.45. The molecule has 0 N–H and O–H groups in total. The van der Waals surface area contributed by atoms with E-state index in [2.05, 4.69) is 0 Å². The zero-order chi connectivity index (χ0) is 23.5. The fourth-order valence-electron chi connectivity index (χ4n) is 3.12. The maximum atomic E-state index is 13.0. The summed E-state index contributed by atoms with van der Waals surface area (Å²) in [5.74, 6) is -0.612. The Hall–Kier alpha value is -2.63. The van der Waals surface area contributed by atoms with E-state index in [9.17, 15) is 31.2 Å². The van der Waals surface area contributed by atoms with Gasteiger partial charge in [0.2, 0.25) is 15.9 Å². The molecule has 172 valence electrons. The first-order chi connectivity index (χ1) is 15.0. The van der Waals surface area contributed by atoms with Crippen LogP contribution < -0.4 is 5.56 Å². The number of carbonyl (C=O) groups is 1. The highest BCUT2D eigenvalue weighted by Crippen LogP contribution is 2.29. The van der Waals surface area contributed by atoms with E-state index in [1.54, 1.807) is 24.3 Å². The van der Waals surface area contributed by atoms with Crippen molar-refractivity contribution >= 4 is 33.6 Å². The van der Waals surface area contributed by atoms with E-state index in [1.807, 2.05) is 6.07 Å². The van der Waals surface area contributed by atoms with Crippen molar-refractivity contribution in [2.24, 2.45) is 0 Å². The summed E-state index contributed by atoms with van der Waals surface area (Å²) >= 11 is 5.60. The van der Waals surface area contributed by atoms with Crippen LogP contribution in [-0.2, 0) is 27.5 Å². The fourth-order valence-corrected chi connectivity index (χ4v) is 4.52. The molecule has 0 saturated carbocycles. The van der Waals surface area contributed by atoms with Gasteiger partial charge in [-0.25, -0.2) is 8.42 Å². The highest BCUT2D eigenvalue weighted by Gasteiger charge is 2.33. The number of pyridine rings is 1. The minimum Gasteiger partial charge on any atom is -0.339 e. The number of alkyl halides is 3. The number of halogens is 4. The van der Waals surface area contributed by atoms with Gasteiger partial charge in [-0.15, -0.1) is 0 Å². The quantitative estimate of drug-likeness (QED) is 0.647. The van der Waals surface area contributed by atoms with Gasteiger partial charge in [-0.05, 0) is 17.7 Å². The summed E-state index contributed by atoms with van der Waals surface area (Å²) in [6.07, 6.45) is -2.72. The van der Waals surface area contributed by atoms with Crippen LogP contribution in [0.5, 0.6) is 0 Å². The Morgan fingerprint density at radius 1 is 1.09 bits per heavy atom. The van der Waals surface area contributed by atoms with Gasteiger partial charge in [-0.2, -0.15) is 17.5 Å². The molecule has 0 aliphatic carbocycles. The van der Waals surface area contributed by atoms with Gasteiger partial charge < -0.3 is 9.47 Å². The maximum Gasteiger partial charge on any atom is 0.417 e. The third-order valence-corrected chi connectivity index (χ3v) is 6.69. The first kappa shape index (κ1) is 24.0. The number of piperazine rings is 1. The van der Waals surface area contributed by atoms with E-state index >= 15 is 0 Å². The molecule has 2 aromatic rings. The van der Waals surface area contributed by atoms with Crippen LogP contribution in [-0.4, -0.2) is 54.3 Å². The normalized spacial score (nSPS) is 15.9. The van der Waals surface area contributed by atoms with Gasteiger partial charge in [0.05, 0.1) is 5.56 Å². The molecule has 1 fully saturated rings. The van der Waals surface area contributed by atoms with E-state index in [4.69, 9.17) is 11.6 Å². The Bertz CT molecular complexity index is 1170. The van der Waals surface area contributed by atoms with Crippen LogP contribution >= 0.6 is 11.6 Å². The number of aromatic nitrogens is 1. The van der Waals surface area contributed by atoms with Crippen molar-refractivity contribution in [1.82, 2.24) is 13.8 Å². The molecule has 32 heavy (non-hydrogen) atoms. The van der Waals surface area contributed by atoms with Crippen LogP contribution in [0.3, 0.4) is 0 Å².